The van der Waals surface area contributed by atoms with Crippen molar-refractivity contribution in [3.8, 4) is 5.75 Å². The number of benzene rings is 2. The number of rotatable bonds is 10. The summed E-state index contributed by atoms with van der Waals surface area (Å²) < 4.78 is 5.19. The van der Waals surface area contributed by atoms with Crippen LogP contribution in [0.1, 0.15) is 30.6 Å². The van der Waals surface area contributed by atoms with Crippen molar-refractivity contribution in [2.45, 2.75) is 25.2 Å². The van der Waals surface area contributed by atoms with Crippen LogP contribution in [0.4, 0.5) is 11.4 Å². The van der Waals surface area contributed by atoms with Crippen molar-refractivity contribution < 1.29 is 19.2 Å². The van der Waals surface area contributed by atoms with E-state index in [4.69, 9.17) is 4.74 Å². The van der Waals surface area contributed by atoms with Crippen LogP contribution >= 0.6 is 11.8 Å². The molecule has 2 aromatic rings. The van der Waals surface area contributed by atoms with Crippen molar-refractivity contribution in [1.82, 2.24) is 5.32 Å². The molecule has 160 valence electrons. The molecule has 0 heterocycles. The van der Waals surface area contributed by atoms with E-state index in [1.807, 2.05) is 0 Å². The van der Waals surface area contributed by atoms with Crippen LogP contribution in [-0.2, 0) is 4.79 Å². The van der Waals surface area contributed by atoms with Gasteiger partial charge in [-0.05, 0) is 36.6 Å². The van der Waals surface area contributed by atoms with Crippen molar-refractivity contribution in [2.24, 2.45) is 5.92 Å². The zero-order valence-electron chi connectivity index (χ0n) is 17.1. The minimum absolute atomic E-state index is 0.0612. The number of hydrogen-bond donors (Lipinski definition) is 2. The Morgan fingerprint density at radius 1 is 1.20 bits per heavy atom. The topological polar surface area (TPSA) is 111 Å². The maximum atomic E-state index is 12.5. The summed E-state index contributed by atoms with van der Waals surface area (Å²) in [6.45, 7) is 4.70. The molecule has 0 saturated carbocycles. The average molecular weight is 432 g/mol. The van der Waals surface area contributed by atoms with Crippen LogP contribution in [0.5, 0.6) is 5.75 Å². The smallest absolute Gasteiger partial charge is 0.283 e. The van der Waals surface area contributed by atoms with E-state index in [2.05, 4.69) is 24.5 Å². The van der Waals surface area contributed by atoms with Crippen molar-refractivity contribution in [3.05, 3.63) is 58.1 Å². The van der Waals surface area contributed by atoms with Gasteiger partial charge in [0.1, 0.15) is 5.75 Å². The lowest BCUT2D eigenvalue weighted by atomic mass is 10.1. The Balaban J connectivity index is 2.08. The zero-order valence-corrected chi connectivity index (χ0v) is 18.0. The predicted molar refractivity (Wildman–Crippen MR) is 117 cm³/mol. The summed E-state index contributed by atoms with van der Waals surface area (Å²) in [6, 6.07) is 11.1. The summed E-state index contributed by atoms with van der Waals surface area (Å²) in [7, 11) is 1.49. The third kappa shape index (κ3) is 6.77. The number of methoxy groups -OCH3 is 1. The fourth-order valence-electron chi connectivity index (χ4n) is 2.56. The van der Waals surface area contributed by atoms with Crippen molar-refractivity contribution in [3.63, 3.8) is 0 Å². The van der Waals surface area contributed by atoms with Gasteiger partial charge in [-0.3, -0.25) is 19.7 Å². The molecule has 0 bridgehead atoms. The standard InChI is InChI=1S/C21H25N3O5S/c1-14(2)10-11-22-20(25)13-30-19-9-8-15(12-17(19)24(27)28)21(26)23-16-6-4-5-7-18(16)29-3/h4-9,12,14H,10-11,13H2,1-3H3,(H,22,25)(H,23,26). The van der Waals surface area contributed by atoms with Crippen LogP contribution in [0.2, 0.25) is 0 Å². The lowest BCUT2D eigenvalue weighted by Crippen LogP contribution is -2.26. The highest BCUT2D eigenvalue weighted by Gasteiger charge is 2.19. The number of carbonyl (C=O) groups excluding carboxylic acids is 2. The number of carbonyl (C=O) groups is 2. The van der Waals surface area contributed by atoms with E-state index in [1.54, 1.807) is 24.3 Å². The lowest BCUT2D eigenvalue weighted by molar-refractivity contribution is -0.387. The first kappa shape index (κ1) is 23.2. The van der Waals surface area contributed by atoms with E-state index in [0.717, 1.165) is 18.2 Å². The summed E-state index contributed by atoms with van der Waals surface area (Å²) in [4.78, 5) is 35.7. The van der Waals surface area contributed by atoms with E-state index in [9.17, 15) is 19.7 Å². The Kier molecular flexibility index (Phi) is 8.67. The summed E-state index contributed by atoms with van der Waals surface area (Å²) >= 11 is 1.07. The van der Waals surface area contributed by atoms with Crippen LogP contribution in [0.15, 0.2) is 47.4 Å². The van der Waals surface area contributed by atoms with E-state index < -0.39 is 10.8 Å². The molecule has 0 atom stereocenters. The number of thioether (sulfide) groups is 1. The highest BCUT2D eigenvalue weighted by molar-refractivity contribution is 8.00. The Labute approximate surface area is 179 Å². The van der Waals surface area contributed by atoms with Gasteiger partial charge in [0, 0.05) is 18.2 Å². The lowest BCUT2D eigenvalue weighted by Gasteiger charge is -2.10. The maximum Gasteiger partial charge on any atom is 0.283 e. The highest BCUT2D eigenvalue weighted by Crippen LogP contribution is 2.31. The number of nitrogens with one attached hydrogen (secondary N) is 2. The third-order valence-corrected chi connectivity index (χ3v) is 5.24. The van der Waals surface area contributed by atoms with Gasteiger partial charge in [0.05, 0.1) is 28.4 Å². The second kappa shape index (κ2) is 11.2. The molecule has 2 N–H and O–H groups in total. The number of anilines is 1. The van der Waals surface area contributed by atoms with Gasteiger partial charge in [-0.2, -0.15) is 0 Å². The van der Waals surface area contributed by atoms with E-state index in [-0.39, 0.29) is 22.9 Å². The number of nitrogens with zero attached hydrogens (tertiary/aromatic N) is 1. The van der Waals surface area contributed by atoms with Crippen LogP contribution in [0, 0.1) is 16.0 Å². The summed E-state index contributed by atoms with van der Waals surface area (Å²) in [5.74, 6) is 0.342. The molecule has 30 heavy (non-hydrogen) atoms. The van der Waals surface area contributed by atoms with Gasteiger partial charge < -0.3 is 15.4 Å². The van der Waals surface area contributed by atoms with Crippen LogP contribution in [0.25, 0.3) is 0 Å². The molecule has 0 fully saturated rings. The van der Waals surface area contributed by atoms with Crippen LogP contribution < -0.4 is 15.4 Å². The van der Waals surface area contributed by atoms with Gasteiger partial charge in [0.2, 0.25) is 5.91 Å². The number of hydrogen-bond acceptors (Lipinski definition) is 6. The Hall–Kier alpha value is -3.07. The largest absolute Gasteiger partial charge is 0.495 e. The number of ether oxygens (including phenoxy) is 1. The van der Waals surface area contributed by atoms with Gasteiger partial charge in [0.15, 0.2) is 0 Å². The van der Waals surface area contributed by atoms with Gasteiger partial charge in [0.25, 0.3) is 11.6 Å². The van der Waals surface area contributed by atoms with Crippen LogP contribution in [-0.4, -0.2) is 36.1 Å². The zero-order chi connectivity index (χ0) is 22.1. The molecular weight excluding hydrogens is 406 g/mol. The van der Waals surface area contributed by atoms with E-state index in [1.165, 1.54) is 25.3 Å². The monoisotopic (exact) mass is 431 g/mol. The van der Waals surface area contributed by atoms with Crippen molar-refractivity contribution >= 4 is 35.0 Å². The molecule has 9 heteroatoms. The summed E-state index contributed by atoms with van der Waals surface area (Å²) in [5.41, 5.74) is 0.380. The van der Waals surface area contributed by atoms with E-state index in [0.29, 0.717) is 28.8 Å². The van der Waals surface area contributed by atoms with Crippen LogP contribution in [0.3, 0.4) is 0 Å². The molecule has 0 aliphatic rings. The molecular formula is C21H25N3O5S. The van der Waals surface area contributed by atoms with Gasteiger partial charge in [-0.15, -0.1) is 11.8 Å². The molecule has 0 radical (unpaired) electrons. The Morgan fingerprint density at radius 3 is 2.60 bits per heavy atom. The third-order valence-electron chi connectivity index (χ3n) is 4.18. The Bertz CT molecular complexity index is 917. The second-order valence-electron chi connectivity index (χ2n) is 6.92. The average Bonchev–Trinajstić information content (AvgIpc) is 2.72. The molecule has 8 nitrogen and oxygen atoms in total. The minimum Gasteiger partial charge on any atom is -0.495 e. The Morgan fingerprint density at radius 2 is 1.93 bits per heavy atom. The molecule has 0 unspecified atom stereocenters. The normalized spacial score (nSPS) is 10.5. The predicted octanol–water partition coefficient (Wildman–Crippen LogP) is 4.11. The molecule has 2 aromatic carbocycles. The fourth-order valence-corrected chi connectivity index (χ4v) is 3.39. The van der Waals surface area contributed by atoms with Gasteiger partial charge >= 0.3 is 0 Å². The van der Waals surface area contributed by atoms with Crippen molar-refractivity contribution in [1.29, 1.82) is 0 Å². The number of amides is 2. The molecule has 2 rings (SSSR count). The summed E-state index contributed by atoms with van der Waals surface area (Å²) in [6.07, 6.45) is 0.868. The first-order chi connectivity index (χ1) is 14.3. The SMILES string of the molecule is COc1ccccc1NC(=O)c1ccc(SCC(=O)NCCC(C)C)c([N+](=O)[O-])c1. The second-order valence-corrected chi connectivity index (χ2v) is 7.93. The molecule has 0 aliphatic carbocycles. The number of nitro benzene ring substituents is 1. The maximum absolute atomic E-state index is 12.5. The fraction of sp³-hybridized carbons (Fsp3) is 0.333. The molecule has 0 aliphatic heterocycles. The number of nitro groups is 1. The minimum atomic E-state index is -0.557. The molecule has 0 aromatic heterocycles. The quantitative estimate of drug-likeness (QED) is 0.333. The molecule has 0 saturated heterocycles. The highest BCUT2D eigenvalue weighted by atomic mass is 32.2. The van der Waals surface area contributed by atoms with E-state index >= 15 is 0 Å². The van der Waals surface area contributed by atoms with Gasteiger partial charge in [-0.25, -0.2) is 0 Å². The first-order valence-corrected chi connectivity index (χ1v) is 10.4. The van der Waals surface area contributed by atoms with Crippen molar-refractivity contribution in [2.75, 3.05) is 24.7 Å². The summed E-state index contributed by atoms with van der Waals surface area (Å²) in [5, 5.41) is 17.0. The number of para-hydroxylation sites is 2. The first-order valence-electron chi connectivity index (χ1n) is 9.44. The molecule has 2 amide bonds. The van der Waals surface area contributed by atoms with Gasteiger partial charge in [-0.1, -0.05) is 26.0 Å². The molecule has 0 spiro atoms.